The van der Waals surface area contributed by atoms with E-state index >= 15 is 0 Å². The third-order valence-corrected chi connectivity index (χ3v) is 4.35. The Balaban J connectivity index is 2.13. The Bertz CT molecular complexity index is 842. The lowest BCUT2D eigenvalue weighted by Gasteiger charge is -2.01. The summed E-state index contributed by atoms with van der Waals surface area (Å²) in [5.74, 6) is 0.185. The van der Waals surface area contributed by atoms with Crippen LogP contribution in [0.2, 0.25) is 0 Å². The zero-order chi connectivity index (χ0) is 15.0. The summed E-state index contributed by atoms with van der Waals surface area (Å²) in [6.07, 6.45) is 0.615. The van der Waals surface area contributed by atoms with Crippen molar-refractivity contribution in [1.82, 2.24) is 4.98 Å². The lowest BCUT2D eigenvalue weighted by Crippen LogP contribution is -1.94. The van der Waals surface area contributed by atoms with Crippen LogP contribution >= 0.6 is 11.3 Å². The van der Waals surface area contributed by atoms with Gasteiger partial charge in [0, 0.05) is 17.2 Å². The molecule has 0 aliphatic rings. The van der Waals surface area contributed by atoms with E-state index in [0.29, 0.717) is 17.0 Å². The molecule has 0 atom stereocenters. The molecule has 3 aromatic rings. The molecule has 0 aliphatic carbocycles. The number of nitro benzene ring substituents is 1. The summed E-state index contributed by atoms with van der Waals surface area (Å²) >= 11 is 1.40. The predicted octanol–water partition coefficient (Wildman–Crippen LogP) is 4.14. The van der Waals surface area contributed by atoms with Crippen molar-refractivity contribution in [3.8, 4) is 16.3 Å². The smallest absolute Gasteiger partial charge is 0.273 e. The molecule has 0 saturated carbocycles. The molecule has 2 aromatic carbocycles. The van der Waals surface area contributed by atoms with Gasteiger partial charge in [0.25, 0.3) is 5.69 Å². The number of aromatic nitrogens is 1. The fourth-order valence-corrected chi connectivity index (χ4v) is 3.20. The minimum absolute atomic E-state index is 0.122. The summed E-state index contributed by atoms with van der Waals surface area (Å²) in [6.45, 7) is 1.89. The van der Waals surface area contributed by atoms with E-state index in [0.717, 1.165) is 15.8 Å². The molecule has 0 fully saturated rings. The Labute approximate surface area is 124 Å². The molecule has 3 rings (SSSR count). The number of hydrogen-bond acceptors (Lipinski definition) is 5. The quantitative estimate of drug-likeness (QED) is 0.582. The van der Waals surface area contributed by atoms with Gasteiger partial charge in [0.2, 0.25) is 0 Å². The fourth-order valence-electron chi connectivity index (χ4n) is 2.20. The Morgan fingerprint density at radius 1 is 1.29 bits per heavy atom. The van der Waals surface area contributed by atoms with Crippen molar-refractivity contribution in [2.75, 3.05) is 0 Å². The van der Waals surface area contributed by atoms with Crippen LogP contribution in [-0.4, -0.2) is 15.0 Å². The highest BCUT2D eigenvalue weighted by atomic mass is 32.1. The van der Waals surface area contributed by atoms with Crippen LogP contribution in [0.5, 0.6) is 5.75 Å². The highest BCUT2D eigenvalue weighted by Crippen LogP contribution is 2.34. The molecule has 1 heterocycles. The lowest BCUT2D eigenvalue weighted by molar-refractivity contribution is -0.385. The maximum atomic E-state index is 11.1. The topological polar surface area (TPSA) is 76.3 Å². The van der Waals surface area contributed by atoms with E-state index in [1.807, 2.05) is 13.0 Å². The Morgan fingerprint density at radius 3 is 2.81 bits per heavy atom. The molecule has 21 heavy (non-hydrogen) atoms. The number of nitrogens with zero attached hydrogens (tertiary/aromatic N) is 2. The monoisotopic (exact) mass is 300 g/mol. The van der Waals surface area contributed by atoms with Crippen LogP contribution in [0.3, 0.4) is 0 Å². The van der Waals surface area contributed by atoms with Crippen molar-refractivity contribution < 1.29 is 10.0 Å². The summed E-state index contributed by atoms with van der Waals surface area (Å²) in [6, 6.07) is 10.1. The lowest BCUT2D eigenvalue weighted by atomic mass is 10.1. The third kappa shape index (κ3) is 2.45. The molecule has 5 nitrogen and oxygen atoms in total. The maximum Gasteiger partial charge on any atom is 0.273 e. The first-order valence-corrected chi connectivity index (χ1v) is 7.27. The average molecular weight is 300 g/mol. The van der Waals surface area contributed by atoms with Crippen molar-refractivity contribution >= 4 is 27.2 Å². The molecular weight excluding hydrogens is 288 g/mol. The zero-order valence-corrected chi connectivity index (χ0v) is 12.1. The number of aromatic hydroxyl groups is 1. The van der Waals surface area contributed by atoms with Crippen molar-refractivity contribution in [3.05, 3.63) is 52.1 Å². The third-order valence-electron chi connectivity index (χ3n) is 3.28. The number of phenolic OH excluding ortho intramolecular Hbond substituents is 1. The minimum atomic E-state index is -0.360. The summed E-state index contributed by atoms with van der Waals surface area (Å²) in [7, 11) is 0. The van der Waals surface area contributed by atoms with Gasteiger partial charge in [0.05, 0.1) is 15.1 Å². The molecule has 106 valence electrons. The summed E-state index contributed by atoms with van der Waals surface area (Å²) in [5.41, 5.74) is 2.33. The van der Waals surface area contributed by atoms with Gasteiger partial charge in [0.15, 0.2) is 0 Å². The molecule has 1 N–H and O–H groups in total. The molecule has 0 radical (unpaired) electrons. The van der Waals surface area contributed by atoms with Crippen LogP contribution in [0.1, 0.15) is 12.5 Å². The van der Waals surface area contributed by atoms with Gasteiger partial charge in [-0.1, -0.05) is 19.1 Å². The Morgan fingerprint density at radius 2 is 2.10 bits per heavy atom. The molecule has 0 aliphatic heterocycles. The number of phenols is 1. The number of rotatable bonds is 3. The summed E-state index contributed by atoms with van der Waals surface area (Å²) in [5, 5.41) is 21.3. The molecule has 1 aromatic heterocycles. The predicted molar refractivity (Wildman–Crippen MR) is 82.8 cm³/mol. The van der Waals surface area contributed by atoms with Crippen LogP contribution in [0.25, 0.3) is 20.8 Å². The van der Waals surface area contributed by atoms with Gasteiger partial charge < -0.3 is 5.11 Å². The van der Waals surface area contributed by atoms with Crippen LogP contribution in [0.4, 0.5) is 5.69 Å². The van der Waals surface area contributed by atoms with Gasteiger partial charge in [-0.15, -0.1) is 11.3 Å². The van der Waals surface area contributed by atoms with E-state index in [1.165, 1.54) is 11.3 Å². The second kappa shape index (κ2) is 5.14. The normalized spacial score (nSPS) is 10.9. The number of hydrogen-bond donors (Lipinski definition) is 1. The first-order valence-electron chi connectivity index (χ1n) is 6.45. The maximum absolute atomic E-state index is 11.1. The van der Waals surface area contributed by atoms with E-state index in [-0.39, 0.29) is 16.4 Å². The van der Waals surface area contributed by atoms with Gasteiger partial charge in [-0.05, 0) is 24.6 Å². The van der Waals surface area contributed by atoms with E-state index in [9.17, 15) is 15.2 Å². The van der Waals surface area contributed by atoms with E-state index in [1.54, 1.807) is 30.3 Å². The van der Waals surface area contributed by atoms with Crippen molar-refractivity contribution in [1.29, 1.82) is 0 Å². The van der Waals surface area contributed by atoms with Crippen LogP contribution < -0.4 is 0 Å². The zero-order valence-electron chi connectivity index (χ0n) is 11.2. The van der Waals surface area contributed by atoms with Gasteiger partial charge >= 0.3 is 0 Å². The van der Waals surface area contributed by atoms with Crippen LogP contribution in [0.15, 0.2) is 36.4 Å². The SMILES string of the molecule is CCc1ccc(-c2nc3ccc(O)cc3s2)cc1[N+](=O)[O-]. The Kier molecular flexibility index (Phi) is 3.31. The van der Waals surface area contributed by atoms with Crippen molar-refractivity contribution in [2.45, 2.75) is 13.3 Å². The van der Waals surface area contributed by atoms with E-state index < -0.39 is 0 Å². The molecule has 0 amide bonds. The Hall–Kier alpha value is -2.47. The second-order valence-electron chi connectivity index (χ2n) is 4.63. The van der Waals surface area contributed by atoms with E-state index in [4.69, 9.17) is 0 Å². The molecule has 0 bridgehead atoms. The van der Waals surface area contributed by atoms with Gasteiger partial charge in [-0.2, -0.15) is 0 Å². The number of nitro groups is 1. The number of thiazole rings is 1. The van der Waals surface area contributed by atoms with Crippen molar-refractivity contribution in [3.63, 3.8) is 0 Å². The average Bonchev–Trinajstić information content (AvgIpc) is 2.89. The van der Waals surface area contributed by atoms with Crippen LogP contribution in [-0.2, 0) is 6.42 Å². The molecule has 0 spiro atoms. The molecule has 0 unspecified atom stereocenters. The van der Waals surface area contributed by atoms with Gasteiger partial charge in [0.1, 0.15) is 10.8 Å². The molecule has 0 saturated heterocycles. The number of benzene rings is 2. The first-order chi connectivity index (χ1) is 10.1. The van der Waals surface area contributed by atoms with E-state index in [2.05, 4.69) is 4.98 Å². The first kappa shape index (κ1) is 13.5. The van der Waals surface area contributed by atoms with Gasteiger partial charge in [-0.25, -0.2) is 4.98 Å². The highest BCUT2D eigenvalue weighted by molar-refractivity contribution is 7.21. The molecule has 6 heteroatoms. The summed E-state index contributed by atoms with van der Waals surface area (Å²) < 4.78 is 0.854. The number of aryl methyl sites for hydroxylation is 1. The minimum Gasteiger partial charge on any atom is -0.508 e. The second-order valence-corrected chi connectivity index (χ2v) is 5.66. The van der Waals surface area contributed by atoms with Crippen LogP contribution in [0, 0.1) is 10.1 Å². The highest BCUT2D eigenvalue weighted by Gasteiger charge is 2.15. The number of fused-ring (bicyclic) bond motifs is 1. The molecular formula is C15H12N2O3S. The fraction of sp³-hybridized carbons (Fsp3) is 0.133. The standard InChI is InChI=1S/C15H12N2O3S/c1-2-9-3-4-10(7-13(9)17(19)20)15-16-12-6-5-11(18)8-14(12)21-15/h3-8,18H,2H2,1H3. The largest absolute Gasteiger partial charge is 0.508 e. The summed E-state index contributed by atoms with van der Waals surface area (Å²) in [4.78, 5) is 15.2. The van der Waals surface area contributed by atoms with Crippen molar-refractivity contribution in [2.24, 2.45) is 0 Å². The van der Waals surface area contributed by atoms with Gasteiger partial charge in [-0.3, -0.25) is 10.1 Å².